The number of hydrogen-bond acceptors (Lipinski definition) is 2. The summed E-state index contributed by atoms with van der Waals surface area (Å²) in [6, 6.07) is 6.85. The molecule has 1 aromatic rings. The van der Waals surface area contributed by atoms with Gasteiger partial charge in [0.1, 0.15) is 5.75 Å². The number of rotatable bonds is 2. The molecule has 0 aliphatic carbocycles. The summed E-state index contributed by atoms with van der Waals surface area (Å²) >= 11 is 2.35. The molecule has 1 aliphatic heterocycles. The monoisotopic (exact) mass is 317 g/mol. The van der Waals surface area contributed by atoms with Crippen LogP contribution in [-0.2, 0) is 0 Å². The number of nitrogens with one attached hydrogen (secondary N) is 1. The Morgan fingerprint density at radius 2 is 2.40 bits per heavy atom. The molecule has 0 fully saturated rings. The summed E-state index contributed by atoms with van der Waals surface area (Å²) in [5, 5.41) is 3.52. The molecule has 1 atom stereocenters. The first-order chi connectivity index (χ1) is 7.33. The molecule has 82 valence electrons. The molecule has 0 saturated heterocycles. The zero-order valence-electron chi connectivity index (χ0n) is 8.92. The molecule has 1 unspecified atom stereocenters. The Hall–Kier alpha value is -0.290. The summed E-state index contributed by atoms with van der Waals surface area (Å²) in [6.45, 7) is 4.00. The molecule has 1 aliphatic rings. The summed E-state index contributed by atoms with van der Waals surface area (Å²) in [4.78, 5) is 0. The lowest BCUT2D eigenvalue weighted by molar-refractivity contribution is 0.313. The Balaban J connectivity index is 2.36. The minimum Gasteiger partial charge on any atom is -0.492 e. The van der Waals surface area contributed by atoms with Crippen molar-refractivity contribution in [3.63, 3.8) is 0 Å². The Morgan fingerprint density at radius 1 is 1.53 bits per heavy atom. The van der Waals surface area contributed by atoms with Crippen LogP contribution in [0, 0.1) is 3.57 Å². The summed E-state index contributed by atoms with van der Waals surface area (Å²) < 4.78 is 7.03. The van der Waals surface area contributed by atoms with E-state index in [1.165, 1.54) is 15.6 Å². The van der Waals surface area contributed by atoms with Gasteiger partial charge in [0, 0.05) is 11.6 Å². The van der Waals surface area contributed by atoms with Crippen molar-refractivity contribution >= 4 is 22.6 Å². The maximum absolute atomic E-state index is 5.81. The van der Waals surface area contributed by atoms with Crippen molar-refractivity contribution in [2.24, 2.45) is 0 Å². The Kier molecular flexibility index (Phi) is 3.86. The van der Waals surface area contributed by atoms with Crippen molar-refractivity contribution < 1.29 is 4.74 Å². The second kappa shape index (κ2) is 5.16. The fourth-order valence-electron chi connectivity index (χ4n) is 2.03. The fraction of sp³-hybridized carbons (Fsp3) is 0.500. The number of hydrogen-bond donors (Lipinski definition) is 1. The quantitative estimate of drug-likeness (QED) is 0.846. The van der Waals surface area contributed by atoms with Gasteiger partial charge >= 0.3 is 0 Å². The van der Waals surface area contributed by atoms with Crippen LogP contribution < -0.4 is 10.1 Å². The van der Waals surface area contributed by atoms with Gasteiger partial charge in [0.15, 0.2) is 0 Å². The van der Waals surface area contributed by atoms with Gasteiger partial charge in [-0.25, -0.2) is 0 Å². The van der Waals surface area contributed by atoms with E-state index in [4.69, 9.17) is 4.74 Å². The van der Waals surface area contributed by atoms with E-state index in [1.54, 1.807) is 0 Å². The first kappa shape index (κ1) is 11.2. The zero-order chi connectivity index (χ0) is 10.7. The van der Waals surface area contributed by atoms with E-state index < -0.39 is 0 Å². The van der Waals surface area contributed by atoms with Crippen LogP contribution in [0.3, 0.4) is 0 Å². The third kappa shape index (κ3) is 2.45. The van der Waals surface area contributed by atoms with Crippen LogP contribution in [0.4, 0.5) is 0 Å². The van der Waals surface area contributed by atoms with Crippen molar-refractivity contribution in [2.75, 3.05) is 13.2 Å². The Morgan fingerprint density at radius 3 is 3.20 bits per heavy atom. The van der Waals surface area contributed by atoms with Gasteiger partial charge in [0.05, 0.1) is 10.2 Å². The molecule has 0 saturated carbocycles. The van der Waals surface area contributed by atoms with Gasteiger partial charge in [-0.05, 0) is 48.0 Å². The fourth-order valence-corrected chi connectivity index (χ4v) is 2.70. The van der Waals surface area contributed by atoms with E-state index in [0.717, 1.165) is 25.3 Å². The van der Waals surface area contributed by atoms with Crippen molar-refractivity contribution in [2.45, 2.75) is 25.8 Å². The maximum Gasteiger partial charge on any atom is 0.137 e. The van der Waals surface area contributed by atoms with Crippen LogP contribution in [0.5, 0.6) is 5.75 Å². The highest BCUT2D eigenvalue weighted by atomic mass is 127. The van der Waals surface area contributed by atoms with Gasteiger partial charge in [0.25, 0.3) is 0 Å². The number of para-hydroxylation sites is 1. The van der Waals surface area contributed by atoms with Crippen LogP contribution in [0.25, 0.3) is 0 Å². The first-order valence-corrected chi connectivity index (χ1v) is 6.55. The van der Waals surface area contributed by atoms with E-state index in [9.17, 15) is 0 Å². The molecule has 0 radical (unpaired) electrons. The van der Waals surface area contributed by atoms with Gasteiger partial charge < -0.3 is 10.1 Å². The number of ether oxygens (including phenoxy) is 1. The molecule has 0 amide bonds. The SMILES string of the molecule is CCNC1CCCOc2c(I)cccc21. The summed E-state index contributed by atoms with van der Waals surface area (Å²) in [7, 11) is 0. The maximum atomic E-state index is 5.81. The van der Waals surface area contributed by atoms with Crippen molar-refractivity contribution in [1.29, 1.82) is 0 Å². The highest BCUT2D eigenvalue weighted by Gasteiger charge is 2.20. The third-order valence-corrected chi connectivity index (χ3v) is 3.56. The average molecular weight is 317 g/mol. The average Bonchev–Trinajstić information content (AvgIpc) is 2.43. The summed E-state index contributed by atoms with van der Waals surface area (Å²) in [5.74, 6) is 1.08. The number of halogens is 1. The molecule has 2 nitrogen and oxygen atoms in total. The van der Waals surface area contributed by atoms with E-state index in [-0.39, 0.29) is 0 Å². The van der Waals surface area contributed by atoms with Crippen LogP contribution >= 0.6 is 22.6 Å². The van der Waals surface area contributed by atoms with Crippen LogP contribution in [0.1, 0.15) is 31.4 Å². The summed E-state index contributed by atoms with van der Waals surface area (Å²) in [6.07, 6.45) is 2.30. The van der Waals surface area contributed by atoms with Crippen LogP contribution in [-0.4, -0.2) is 13.2 Å². The van der Waals surface area contributed by atoms with E-state index in [2.05, 4.69) is 53.0 Å². The predicted octanol–water partition coefficient (Wildman–Crippen LogP) is 3.11. The molecule has 0 bridgehead atoms. The molecule has 0 spiro atoms. The van der Waals surface area contributed by atoms with Crippen molar-refractivity contribution in [3.8, 4) is 5.75 Å². The molecular weight excluding hydrogens is 301 g/mol. The third-order valence-electron chi connectivity index (χ3n) is 2.71. The standard InChI is InChI=1S/C12H16INO/c1-2-14-11-7-4-8-15-12-9(11)5-3-6-10(12)13/h3,5-6,11,14H,2,4,7-8H2,1H3. The second-order valence-corrected chi connectivity index (χ2v) is 4.92. The topological polar surface area (TPSA) is 21.3 Å². The summed E-state index contributed by atoms with van der Waals surface area (Å²) in [5.41, 5.74) is 1.32. The normalized spacial score (nSPS) is 20.3. The Bertz CT molecular complexity index is 340. The van der Waals surface area contributed by atoms with Crippen molar-refractivity contribution in [1.82, 2.24) is 5.32 Å². The molecule has 0 aromatic heterocycles. The van der Waals surface area contributed by atoms with Gasteiger partial charge in [-0.2, -0.15) is 0 Å². The largest absolute Gasteiger partial charge is 0.492 e. The smallest absolute Gasteiger partial charge is 0.137 e. The predicted molar refractivity (Wildman–Crippen MR) is 70.3 cm³/mol. The zero-order valence-corrected chi connectivity index (χ0v) is 11.1. The van der Waals surface area contributed by atoms with E-state index in [0.29, 0.717) is 6.04 Å². The minimum atomic E-state index is 0.460. The molecule has 1 N–H and O–H groups in total. The van der Waals surface area contributed by atoms with Crippen LogP contribution in [0.15, 0.2) is 18.2 Å². The van der Waals surface area contributed by atoms with Gasteiger partial charge in [-0.15, -0.1) is 0 Å². The number of benzene rings is 1. The lowest BCUT2D eigenvalue weighted by atomic mass is 10.0. The van der Waals surface area contributed by atoms with Gasteiger partial charge in [-0.1, -0.05) is 19.1 Å². The number of fused-ring (bicyclic) bond motifs is 1. The first-order valence-electron chi connectivity index (χ1n) is 5.47. The van der Waals surface area contributed by atoms with E-state index in [1.807, 2.05) is 0 Å². The highest BCUT2D eigenvalue weighted by Crippen LogP contribution is 2.34. The molecule has 3 heteroatoms. The lowest BCUT2D eigenvalue weighted by Crippen LogP contribution is -2.20. The molecule has 2 rings (SSSR count). The van der Waals surface area contributed by atoms with Crippen molar-refractivity contribution in [3.05, 3.63) is 27.3 Å². The molecule has 1 heterocycles. The highest BCUT2D eigenvalue weighted by molar-refractivity contribution is 14.1. The van der Waals surface area contributed by atoms with E-state index >= 15 is 0 Å². The van der Waals surface area contributed by atoms with Gasteiger partial charge in [-0.3, -0.25) is 0 Å². The van der Waals surface area contributed by atoms with Gasteiger partial charge in [0.2, 0.25) is 0 Å². The minimum absolute atomic E-state index is 0.460. The molecular formula is C12H16INO. The lowest BCUT2D eigenvalue weighted by Gasteiger charge is -2.17. The van der Waals surface area contributed by atoms with Crippen LogP contribution in [0.2, 0.25) is 0 Å². The molecule has 15 heavy (non-hydrogen) atoms. The second-order valence-electron chi connectivity index (χ2n) is 3.76. The Labute approximate surface area is 105 Å². The molecule has 1 aromatic carbocycles.